The van der Waals surface area contributed by atoms with Crippen molar-refractivity contribution in [3.8, 4) is 0 Å². The molecular formula is C16H24FN5O. The lowest BCUT2D eigenvalue weighted by Crippen LogP contribution is -2.51. The number of aliphatic imine (C=N–C) groups is 1. The van der Waals surface area contributed by atoms with Crippen molar-refractivity contribution in [2.24, 2.45) is 10.7 Å². The highest BCUT2D eigenvalue weighted by molar-refractivity contribution is 5.84. The Morgan fingerprint density at radius 2 is 1.91 bits per heavy atom. The zero-order chi connectivity index (χ0) is 16.7. The third-order valence-electron chi connectivity index (χ3n) is 3.75. The first kappa shape index (κ1) is 17.1. The molecule has 0 aromatic heterocycles. The predicted molar refractivity (Wildman–Crippen MR) is 90.0 cm³/mol. The predicted octanol–water partition coefficient (Wildman–Crippen LogP) is 0.789. The average Bonchev–Trinajstić information content (AvgIpc) is 2.58. The van der Waals surface area contributed by atoms with Crippen LogP contribution in [0.3, 0.4) is 0 Å². The molecule has 0 bridgehead atoms. The summed E-state index contributed by atoms with van der Waals surface area (Å²) < 4.78 is 13.0. The van der Waals surface area contributed by atoms with E-state index >= 15 is 0 Å². The average molecular weight is 321 g/mol. The number of hydrogen-bond acceptors (Lipinski definition) is 3. The van der Waals surface area contributed by atoms with E-state index in [0.29, 0.717) is 12.5 Å². The molecule has 2 rings (SSSR count). The smallest absolute Gasteiger partial charge is 0.241 e. The maximum absolute atomic E-state index is 13.0. The standard InChI is InChI=1S/C16H24FN5O/c1-2-7-19-15(23)12-20-16(18)22-10-8-21(9-11-22)14-5-3-13(17)4-6-14/h3-6H,2,7-12H2,1H3,(H2,18,20)(H,19,23). The molecule has 23 heavy (non-hydrogen) atoms. The maximum atomic E-state index is 13.0. The number of carbonyl (C=O) groups is 1. The molecule has 1 fully saturated rings. The topological polar surface area (TPSA) is 74.0 Å². The molecule has 0 saturated carbocycles. The molecule has 1 aliphatic heterocycles. The fourth-order valence-corrected chi connectivity index (χ4v) is 2.42. The Labute approximate surface area is 136 Å². The first-order chi connectivity index (χ1) is 11.1. The Kier molecular flexibility index (Phi) is 6.19. The molecule has 7 heteroatoms. The first-order valence-electron chi connectivity index (χ1n) is 7.92. The number of hydrogen-bond donors (Lipinski definition) is 2. The van der Waals surface area contributed by atoms with E-state index in [2.05, 4.69) is 15.2 Å². The Hall–Kier alpha value is -2.31. The fourth-order valence-electron chi connectivity index (χ4n) is 2.42. The second-order valence-corrected chi connectivity index (χ2v) is 5.47. The summed E-state index contributed by atoms with van der Waals surface area (Å²) in [5.41, 5.74) is 6.96. The molecular weight excluding hydrogens is 297 g/mol. The monoisotopic (exact) mass is 321 g/mol. The number of nitrogens with two attached hydrogens (primary N) is 1. The zero-order valence-corrected chi connectivity index (χ0v) is 13.5. The second-order valence-electron chi connectivity index (χ2n) is 5.47. The molecule has 0 radical (unpaired) electrons. The first-order valence-corrected chi connectivity index (χ1v) is 7.92. The van der Waals surface area contributed by atoms with E-state index in [1.54, 1.807) is 12.1 Å². The van der Waals surface area contributed by atoms with Gasteiger partial charge in [-0.3, -0.25) is 4.79 Å². The Morgan fingerprint density at radius 3 is 2.52 bits per heavy atom. The quantitative estimate of drug-likeness (QED) is 0.621. The number of rotatable bonds is 5. The summed E-state index contributed by atoms with van der Waals surface area (Å²) in [5, 5.41) is 2.76. The zero-order valence-electron chi connectivity index (χ0n) is 13.5. The van der Waals surface area contributed by atoms with Crippen LogP contribution >= 0.6 is 0 Å². The summed E-state index contributed by atoms with van der Waals surface area (Å²) in [7, 11) is 0. The van der Waals surface area contributed by atoms with E-state index in [-0.39, 0.29) is 18.3 Å². The van der Waals surface area contributed by atoms with Crippen LogP contribution in [0.2, 0.25) is 0 Å². The molecule has 0 unspecified atom stereocenters. The number of benzene rings is 1. The SMILES string of the molecule is CCCNC(=O)CN=C(N)N1CCN(c2ccc(F)cc2)CC1. The van der Waals surface area contributed by atoms with Gasteiger partial charge in [0.1, 0.15) is 12.4 Å². The molecule has 1 aliphatic rings. The molecule has 3 N–H and O–H groups in total. The summed E-state index contributed by atoms with van der Waals surface area (Å²) in [6.45, 7) is 5.73. The summed E-state index contributed by atoms with van der Waals surface area (Å²) in [6.07, 6.45) is 0.899. The van der Waals surface area contributed by atoms with Gasteiger partial charge < -0.3 is 20.9 Å². The highest BCUT2D eigenvalue weighted by Gasteiger charge is 2.18. The lowest BCUT2D eigenvalue weighted by atomic mass is 10.2. The summed E-state index contributed by atoms with van der Waals surface area (Å²) in [5.74, 6) is 0.0558. The van der Waals surface area contributed by atoms with Crippen LogP contribution in [0.4, 0.5) is 10.1 Å². The van der Waals surface area contributed by atoms with Gasteiger partial charge in [0, 0.05) is 38.4 Å². The minimum absolute atomic E-state index is 0.0595. The number of nitrogens with zero attached hydrogens (tertiary/aromatic N) is 3. The maximum Gasteiger partial charge on any atom is 0.241 e. The van der Waals surface area contributed by atoms with Crippen LogP contribution in [-0.4, -0.2) is 56.0 Å². The minimum Gasteiger partial charge on any atom is -0.370 e. The number of piperazine rings is 1. The largest absolute Gasteiger partial charge is 0.370 e. The van der Waals surface area contributed by atoms with E-state index in [0.717, 1.165) is 38.3 Å². The summed E-state index contributed by atoms with van der Waals surface area (Å²) in [6, 6.07) is 6.49. The van der Waals surface area contributed by atoms with Crippen molar-refractivity contribution in [1.82, 2.24) is 10.2 Å². The van der Waals surface area contributed by atoms with Crippen LogP contribution < -0.4 is 16.0 Å². The lowest BCUT2D eigenvalue weighted by Gasteiger charge is -2.36. The van der Waals surface area contributed by atoms with Crippen LogP contribution in [-0.2, 0) is 4.79 Å². The van der Waals surface area contributed by atoms with Gasteiger partial charge >= 0.3 is 0 Å². The van der Waals surface area contributed by atoms with Crippen LogP contribution in [0.5, 0.6) is 0 Å². The van der Waals surface area contributed by atoms with Crippen molar-refractivity contribution < 1.29 is 9.18 Å². The number of guanidine groups is 1. The van der Waals surface area contributed by atoms with E-state index in [4.69, 9.17) is 5.73 Å². The van der Waals surface area contributed by atoms with Crippen LogP contribution in [0.15, 0.2) is 29.3 Å². The molecule has 0 atom stereocenters. The van der Waals surface area contributed by atoms with Crippen molar-refractivity contribution in [2.45, 2.75) is 13.3 Å². The normalized spacial score (nSPS) is 15.7. The van der Waals surface area contributed by atoms with E-state index in [1.165, 1.54) is 12.1 Å². The molecule has 1 amide bonds. The van der Waals surface area contributed by atoms with Crippen LogP contribution in [0.1, 0.15) is 13.3 Å². The van der Waals surface area contributed by atoms with E-state index in [1.807, 2.05) is 11.8 Å². The van der Waals surface area contributed by atoms with Crippen LogP contribution in [0.25, 0.3) is 0 Å². The van der Waals surface area contributed by atoms with Gasteiger partial charge in [-0.05, 0) is 30.7 Å². The van der Waals surface area contributed by atoms with Crippen molar-refractivity contribution in [3.63, 3.8) is 0 Å². The number of nitrogens with one attached hydrogen (secondary N) is 1. The van der Waals surface area contributed by atoms with Gasteiger partial charge in [-0.2, -0.15) is 0 Å². The third-order valence-corrected chi connectivity index (χ3v) is 3.75. The highest BCUT2D eigenvalue weighted by atomic mass is 19.1. The molecule has 0 spiro atoms. The third kappa shape index (κ3) is 5.12. The summed E-state index contributed by atoms with van der Waals surface area (Å²) in [4.78, 5) is 19.8. The van der Waals surface area contributed by atoms with E-state index in [9.17, 15) is 9.18 Å². The minimum atomic E-state index is -0.231. The van der Waals surface area contributed by atoms with Gasteiger partial charge in [0.25, 0.3) is 0 Å². The van der Waals surface area contributed by atoms with Crippen LogP contribution in [0, 0.1) is 5.82 Å². The second kappa shape index (κ2) is 8.36. The molecule has 126 valence electrons. The summed E-state index contributed by atoms with van der Waals surface area (Å²) >= 11 is 0. The molecule has 1 aromatic carbocycles. The van der Waals surface area contributed by atoms with Gasteiger partial charge in [0.05, 0.1) is 0 Å². The number of carbonyl (C=O) groups excluding carboxylic acids is 1. The van der Waals surface area contributed by atoms with Gasteiger partial charge in [0.2, 0.25) is 5.91 Å². The van der Waals surface area contributed by atoms with Gasteiger partial charge in [-0.25, -0.2) is 9.38 Å². The fraction of sp³-hybridized carbons (Fsp3) is 0.500. The molecule has 6 nitrogen and oxygen atoms in total. The molecule has 0 aliphatic carbocycles. The number of amides is 1. The molecule has 1 saturated heterocycles. The van der Waals surface area contributed by atoms with Crippen molar-refractivity contribution in [2.75, 3.05) is 44.2 Å². The lowest BCUT2D eigenvalue weighted by molar-refractivity contribution is -0.119. The molecule has 1 heterocycles. The Bertz CT molecular complexity index is 538. The van der Waals surface area contributed by atoms with Crippen molar-refractivity contribution in [1.29, 1.82) is 0 Å². The Morgan fingerprint density at radius 1 is 1.26 bits per heavy atom. The van der Waals surface area contributed by atoms with E-state index < -0.39 is 0 Å². The van der Waals surface area contributed by atoms with Crippen molar-refractivity contribution in [3.05, 3.63) is 30.1 Å². The van der Waals surface area contributed by atoms with Crippen molar-refractivity contribution >= 4 is 17.6 Å². The molecule has 1 aromatic rings. The highest BCUT2D eigenvalue weighted by Crippen LogP contribution is 2.16. The van der Waals surface area contributed by atoms with Gasteiger partial charge in [0.15, 0.2) is 5.96 Å². The number of anilines is 1. The van der Waals surface area contributed by atoms with Gasteiger partial charge in [-0.1, -0.05) is 6.92 Å². The Balaban J connectivity index is 1.81. The van der Waals surface area contributed by atoms with Gasteiger partial charge in [-0.15, -0.1) is 0 Å². The number of halogens is 1.